The van der Waals surface area contributed by atoms with Crippen molar-refractivity contribution in [2.75, 3.05) is 6.61 Å². The summed E-state index contributed by atoms with van der Waals surface area (Å²) in [5, 5.41) is 1.66. The van der Waals surface area contributed by atoms with Crippen LogP contribution in [-0.2, 0) is 18.0 Å². The zero-order valence-electron chi connectivity index (χ0n) is 17.6. The van der Waals surface area contributed by atoms with E-state index >= 15 is 0 Å². The summed E-state index contributed by atoms with van der Waals surface area (Å²) in [4.78, 5) is 15.9. The molecular formula is C26H22ClNO4. The van der Waals surface area contributed by atoms with Gasteiger partial charge in [-0.05, 0) is 49.4 Å². The van der Waals surface area contributed by atoms with Gasteiger partial charge in [-0.2, -0.15) is 0 Å². The Morgan fingerprint density at radius 2 is 1.62 bits per heavy atom. The van der Waals surface area contributed by atoms with E-state index in [4.69, 9.17) is 25.8 Å². The molecule has 0 aliphatic rings. The van der Waals surface area contributed by atoms with Crippen LogP contribution in [0.2, 0.25) is 5.02 Å². The van der Waals surface area contributed by atoms with Crippen molar-refractivity contribution in [3.63, 3.8) is 0 Å². The second-order valence-corrected chi connectivity index (χ2v) is 7.73. The number of carbonyl (C=O) groups excluding carboxylic acids is 1. The lowest BCUT2D eigenvalue weighted by Crippen LogP contribution is -2.09. The maximum absolute atomic E-state index is 11.2. The molecule has 0 unspecified atom stereocenters. The highest BCUT2D eigenvalue weighted by molar-refractivity contribution is 6.30. The van der Waals surface area contributed by atoms with Gasteiger partial charge in [-0.25, -0.2) is 4.98 Å². The van der Waals surface area contributed by atoms with Crippen LogP contribution < -0.4 is 14.2 Å². The number of hydrogen-bond acceptors (Lipinski definition) is 5. The van der Waals surface area contributed by atoms with E-state index in [1.807, 2.05) is 60.7 Å². The molecule has 6 heteroatoms. The molecular weight excluding hydrogens is 426 g/mol. The quantitative estimate of drug-likeness (QED) is 0.314. The molecule has 0 aliphatic heterocycles. The van der Waals surface area contributed by atoms with E-state index < -0.39 is 0 Å². The number of ketones is 1. The second kappa shape index (κ2) is 10.2. The van der Waals surface area contributed by atoms with Crippen LogP contribution in [0, 0.1) is 0 Å². The molecule has 4 rings (SSSR count). The first-order chi connectivity index (χ1) is 15.6. The SMILES string of the molecule is CC(=O)COc1ccc(Cl)cc1COc1cccc(OCc2ccc3ccccc3n2)c1. The number of nitrogens with zero attached hydrogens (tertiary/aromatic N) is 1. The fraction of sp³-hybridized carbons (Fsp3) is 0.154. The Bertz CT molecular complexity index is 1240. The molecule has 4 aromatic rings. The van der Waals surface area contributed by atoms with Crippen molar-refractivity contribution < 1.29 is 19.0 Å². The zero-order chi connectivity index (χ0) is 22.3. The predicted octanol–water partition coefficient (Wildman–Crippen LogP) is 6.01. The van der Waals surface area contributed by atoms with Crippen LogP contribution in [0.4, 0.5) is 0 Å². The van der Waals surface area contributed by atoms with Gasteiger partial charge in [-0.1, -0.05) is 41.9 Å². The molecule has 0 spiro atoms. The summed E-state index contributed by atoms with van der Waals surface area (Å²) in [7, 11) is 0. The van der Waals surface area contributed by atoms with E-state index in [0.717, 1.165) is 22.2 Å². The number of ether oxygens (including phenoxy) is 3. The fourth-order valence-electron chi connectivity index (χ4n) is 3.14. The van der Waals surface area contributed by atoms with Gasteiger partial charge >= 0.3 is 0 Å². The molecule has 3 aromatic carbocycles. The molecule has 0 N–H and O–H groups in total. The third kappa shape index (κ3) is 5.77. The van der Waals surface area contributed by atoms with Crippen molar-refractivity contribution >= 4 is 28.3 Å². The van der Waals surface area contributed by atoms with Crippen LogP contribution in [-0.4, -0.2) is 17.4 Å². The first-order valence-corrected chi connectivity index (χ1v) is 10.6. The number of carbonyl (C=O) groups is 1. The Balaban J connectivity index is 1.40. The average Bonchev–Trinajstić information content (AvgIpc) is 2.81. The number of hydrogen-bond donors (Lipinski definition) is 0. The number of fused-ring (bicyclic) bond motifs is 1. The van der Waals surface area contributed by atoms with Crippen LogP contribution in [0.15, 0.2) is 78.9 Å². The monoisotopic (exact) mass is 447 g/mol. The Labute approximate surface area is 191 Å². The standard InChI is InChI=1S/C26H22ClNO4/c1-18(29)15-32-26-12-10-21(27)13-20(26)16-30-23-6-4-7-24(14-23)31-17-22-11-9-19-5-2-3-8-25(19)28-22/h2-14H,15-17H2,1H3. The predicted molar refractivity (Wildman–Crippen MR) is 124 cm³/mol. The lowest BCUT2D eigenvalue weighted by atomic mass is 10.2. The van der Waals surface area contributed by atoms with Crippen LogP contribution in [0.5, 0.6) is 17.2 Å². The molecule has 0 saturated heterocycles. The highest BCUT2D eigenvalue weighted by Crippen LogP contribution is 2.26. The third-order valence-electron chi connectivity index (χ3n) is 4.70. The highest BCUT2D eigenvalue weighted by Gasteiger charge is 2.08. The third-order valence-corrected chi connectivity index (χ3v) is 4.93. The molecule has 5 nitrogen and oxygen atoms in total. The highest BCUT2D eigenvalue weighted by atomic mass is 35.5. The lowest BCUT2D eigenvalue weighted by Gasteiger charge is -2.13. The van der Waals surface area contributed by atoms with Crippen molar-refractivity contribution in [1.29, 1.82) is 0 Å². The van der Waals surface area contributed by atoms with E-state index in [0.29, 0.717) is 28.9 Å². The first-order valence-electron chi connectivity index (χ1n) is 10.2. The Hall–Kier alpha value is -3.57. The minimum absolute atomic E-state index is 0.000759. The molecule has 1 aromatic heterocycles. The van der Waals surface area contributed by atoms with Crippen LogP contribution in [0.1, 0.15) is 18.2 Å². The van der Waals surface area contributed by atoms with Crippen molar-refractivity contribution in [2.24, 2.45) is 0 Å². The summed E-state index contributed by atoms with van der Waals surface area (Å²) in [5.41, 5.74) is 2.54. The van der Waals surface area contributed by atoms with Gasteiger partial charge in [0.2, 0.25) is 0 Å². The molecule has 0 radical (unpaired) electrons. The molecule has 0 atom stereocenters. The van der Waals surface area contributed by atoms with Gasteiger partial charge in [-0.3, -0.25) is 4.79 Å². The lowest BCUT2D eigenvalue weighted by molar-refractivity contribution is -0.118. The Kier molecular flexibility index (Phi) is 6.87. The zero-order valence-corrected chi connectivity index (χ0v) is 18.3. The number of halogens is 1. The van der Waals surface area contributed by atoms with Crippen molar-refractivity contribution in [3.8, 4) is 17.2 Å². The fourth-order valence-corrected chi connectivity index (χ4v) is 3.34. The number of Topliss-reactive ketones (excluding diaryl/α,β-unsaturated/α-hetero) is 1. The van der Waals surface area contributed by atoms with Gasteiger partial charge in [0.1, 0.15) is 37.1 Å². The van der Waals surface area contributed by atoms with Gasteiger partial charge in [0.25, 0.3) is 0 Å². The molecule has 32 heavy (non-hydrogen) atoms. The molecule has 0 fully saturated rings. The van der Waals surface area contributed by atoms with Crippen LogP contribution in [0.3, 0.4) is 0 Å². The Morgan fingerprint density at radius 1 is 0.844 bits per heavy atom. The summed E-state index contributed by atoms with van der Waals surface area (Å²) in [6.45, 7) is 2.07. The minimum Gasteiger partial charge on any atom is -0.489 e. The number of rotatable bonds is 9. The molecule has 0 aliphatic carbocycles. The van der Waals surface area contributed by atoms with Gasteiger partial charge in [0.05, 0.1) is 11.2 Å². The summed E-state index contributed by atoms with van der Waals surface area (Å²) in [5.74, 6) is 1.83. The second-order valence-electron chi connectivity index (χ2n) is 7.29. The number of pyridine rings is 1. The van der Waals surface area contributed by atoms with Crippen molar-refractivity contribution in [3.05, 3.63) is 95.1 Å². The van der Waals surface area contributed by atoms with Crippen LogP contribution >= 0.6 is 11.6 Å². The topological polar surface area (TPSA) is 57.7 Å². The van der Waals surface area contributed by atoms with Crippen LogP contribution in [0.25, 0.3) is 10.9 Å². The van der Waals surface area contributed by atoms with Gasteiger partial charge < -0.3 is 14.2 Å². The van der Waals surface area contributed by atoms with E-state index in [-0.39, 0.29) is 19.0 Å². The normalized spacial score (nSPS) is 10.7. The molecule has 162 valence electrons. The summed E-state index contributed by atoms with van der Waals surface area (Å²) in [6, 6.07) is 24.6. The maximum atomic E-state index is 11.2. The molecule has 1 heterocycles. The summed E-state index contributed by atoms with van der Waals surface area (Å²) in [6.07, 6.45) is 0. The van der Waals surface area contributed by atoms with Gasteiger partial charge in [0.15, 0.2) is 5.78 Å². The number of aromatic nitrogens is 1. The number of para-hydroxylation sites is 1. The van der Waals surface area contributed by atoms with E-state index in [2.05, 4.69) is 4.98 Å². The van der Waals surface area contributed by atoms with E-state index in [9.17, 15) is 4.79 Å². The maximum Gasteiger partial charge on any atom is 0.167 e. The first kappa shape index (κ1) is 21.7. The molecule has 0 amide bonds. The van der Waals surface area contributed by atoms with E-state index in [1.54, 1.807) is 18.2 Å². The minimum atomic E-state index is -0.0578. The molecule has 0 bridgehead atoms. The summed E-state index contributed by atoms with van der Waals surface area (Å²) >= 11 is 6.12. The largest absolute Gasteiger partial charge is 0.489 e. The van der Waals surface area contributed by atoms with Crippen molar-refractivity contribution in [1.82, 2.24) is 4.98 Å². The smallest absolute Gasteiger partial charge is 0.167 e. The summed E-state index contributed by atoms with van der Waals surface area (Å²) < 4.78 is 17.4. The van der Waals surface area contributed by atoms with E-state index in [1.165, 1.54) is 6.92 Å². The Morgan fingerprint density at radius 3 is 2.44 bits per heavy atom. The average molecular weight is 448 g/mol. The van der Waals surface area contributed by atoms with Gasteiger partial charge in [0, 0.05) is 22.0 Å². The number of benzene rings is 3. The van der Waals surface area contributed by atoms with Gasteiger partial charge in [-0.15, -0.1) is 0 Å². The van der Waals surface area contributed by atoms with Crippen molar-refractivity contribution in [2.45, 2.75) is 20.1 Å². The molecule has 0 saturated carbocycles.